The number of carbonyl (C=O) groups is 1. The molecule has 0 saturated heterocycles. The molecule has 2 rings (SSSR count). The molecule has 0 aromatic heterocycles. The molecule has 0 N–H and O–H groups in total. The van der Waals surface area contributed by atoms with E-state index in [9.17, 15) is 14.9 Å². The fourth-order valence-electron chi connectivity index (χ4n) is 1.98. The Morgan fingerprint density at radius 2 is 1.90 bits per heavy atom. The van der Waals surface area contributed by atoms with Crippen molar-refractivity contribution in [2.45, 2.75) is 20.3 Å². The third-order valence-corrected chi connectivity index (χ3v) is 3.11. The van der Waals surface area contributed by atoms with Gasteiger partial charge in [-0.25, -0.2) is 0 Å². The zero-order valence-corrected chi connectivity index (χ0v) is 11.8. The van der Waals surface area contributed by atoms with Crippen molar-refractivity contribution < 1.29 is 14.5 Å². The van der Waals surface area contributed by atoms with Crippen LogP contribution in [0.2, 0.25) is 0 Å². The quantitative estimate of drug-likeness (QED) is 0.470. The van der Waals surface area contributed by atoms with Gasteiger partial charge in [0.05, 0.1) is 10.5 Å². The summed E-state index contributed by atoms with van der Waals surface area (Å²) in [6, 6.07) is 11.5. The summed E-state index contributed by atoms with van der Waals surface area (Å²) in [5, 5.41) is 11.2. The average Bonchev–Trinajstić information content (AvgIpc) is 2.47. The molecule has 0 amide bonds. The molecule has 0 radical (unpaired) electrons. The number of Topliss-reactive ketones (excluding diaryl/α,β-unsaturated/α-hetero) is 1. The van der Waals surface area contributed by atoms with Crippen molar-refractivity contribution in [3.05, 3.63) is 63.7 Å². The van der Waals surface area contributed by atoms with Crippen LogP contribution in [0.4, 0.5) is 5.69 Å². The first-order chi connectivity index (χ1) is 10.0. The minimum Gasteiger partial charge on any atom is -0.449 e. The number of nitro benzene ring substituents is 1. The Kier molecular flexibility index (Phi) is 4.33. The van der Waals surface area contributed by atoms with Gasteiger partial charge >= 0.3 is 5.69 Å². The van der Waals surface area contributed by atoms with E-state index in [0.29, 0.717) is 17.7 Å². The molecule has 0 saturated carbocycles. The van der Waals surface area contributed by atoms with Crippen LogP contribution < -0.4 is 4.74 Å². The first kappa shape index (κ1) is 14.7. The van der Waals surface area contributed by atoms with Gasteiger partial charge in [0.15, 0.2) is 5.78 Å². The first-order valence-corrected chi connectivity index (χ1v) is 6.58. The molecule has 5 nitrogen and oxygen atoms in total. The van der Waals surface area contributed by atoms with Gasteiger partial charge in [-0.3, -0.25) is 14.9 Å². The zero-order valence-electron chi connectivity index (χ0n) is 11.8. The van der Waals surface area contributed by atoms with Gasteiger partial charge in [0.25, 0.3) is 0 Å². The SMILES string of the molecule is CCc1ccc(Oc2ccccc2C(C)=O)c([N+](=O)[O-])c1. The van der Waals surface area contributed by atoms with E-state index >= 15 is 0 Å². The van der Waals surface area contributed by atoms with Crippen LogP contribution in [0.3, 0.4) is 0 Å². The van der Waals surface area contributed by atoms with Crippen LogP contribution in [0.15, 0.2) is 42.5 Å². The molecular formula is C16H15NO4. The Bertz CT molecular complexity index is 694. The highest BCUT2D eigenvalue weighted by Gasteiger charge is 2.18. The van der Waals surface area contributed by atoms with Gasteiger partial charge in [0, 0.05) is 6.07 Å². The van der Waals surface area contributed by atoms with Crippen molar-refractivity contribution in [3.8, 4) is 11.5 Å². The Morgan fingerprint density at radius 3 is 2.52 bits per heavy atom. The van der Waals surface area contributed by atoms with Crippen LogP contribution in [0.25, 0.3) is 0 Å². The predicted octanol–water partition coefficient (Wildman–Crippen LogP) is 4.15. The van der Waals surface area contributed by atoms with E-state index in [0.717, 1.165) is 5.56 Å². The third kappa shape index (κ3) is 3.25. The van der Waals surface area contributed by atoms with E-state index in [1.54, 1.807) is 36.4 Å². The van der Waals surface area contributed by atoms with Crippen LogP contribution in [0.5, 0.6) is 11.5 Å². The summed E-state index contributed by atoms with van der Waals surface area (Å²) in [4.78, 5) is 22.2. The summed E-state index contributed by atoms with van der Waals surface area (Å²) in [6.07, 6.45) is 0.700. The highest BCUT2D eigenvalue weighted by Crippen LogP contribution is 2.33. The number of nitrogens with zero attached hydrogens (tertiary/aromatic N) is 1. The molecule has 108 valence electrons. The summed E-state index contributed by atoms with van der Waals surface area (Å²) in [7, 11) is 0. The molecule has 0 aliphatic rings. The fourth-order valence-corrected chi connectivity index (χ4v) is 1.98. The summed E-state index contributed by atoms with van der Waals surface area (Å²) in [5.74, 6) is 0.293. The minimum absolute atomic E-state index is 0.104. The summed E-state index contributed by atoms with van der Waals surface area (Å²) in [5.41, 5.74) is 1.15. The van der Waals surface area contributed by atoms with Gasteiger partial charge < -0.3 is 4.74 Å². The fraction of sp³-hybridized carbons (Fsp3) is 0.188. The van der Waals surface area contributed by atoms with Crippen LogP contribution in [0.1, 0.15) is 29.8 Å². The number of para-hydroxylation sites is 1. The number of ketones is 1. The summed E-state index contributed by atoms with van der Waals surface area (Å²) < 4.78 is 5.60. The van der Waals surface area contributed by atoms with Crippen LogP contribution >= 0.6 is 0 Å². The first-order valence-electron chi connectivity index (χ1n) is 6.58. The van der Waals surface area contributed by atoms with E-state index in [2.05, 4.69) is 0 Å². The largest absolute Gasteiger partial charge is 0.449 e. The third-order valence-electron chi connectivity index (χ3n) is 3.11. The molecular weight excluding hydrogens is 270 g/mol. The van der Waals surface area contributed by atoms with Gasteiger partial charge in [-0.15, -0.1) is 0 Å². The van der Waals surface area contributed by atoms with E-state index in [4.69, 9.17) is 4.74 Å². The number of rotatable bonds is 5. The van der Waals surface area contributed by atoms with E-state index in [-0.39, 0.29) is 17.2 Å². The Hall–Kier alpha value is -2.69. The molecule has 0 heterocycles. The average molecular weight is 285 g/mol. The van der Waals surface area contributed by atoms with Crippen molar-refractivity contribution in [1.29, 1.82) is 0 Å². The summed E-state index contributed by atoms with van der Waals surface area (Å²) >= 11 is 0. The van der Waals surface area contributed by atoms with Crippen LogP contribution in [0, 0.1) is 10.1 Å². The number of carbonyl (C=O) groups excluding carboxylic acids is 1. The van der Waals surface area contributed by atoms with Crippen molar-refractivity contribution in [2.75, 3.05) is 0 Å². The molecule has 2 aromatic rings. The van der Waals surface area contributed by atoms with E-state index in [1.165, 1.54) is 13.0 Å². The topological polar surface area (TPSA) is 69.4 Å². The molecule has 5 heteroatoms. The second-order valence-electron chi connectivity index (χ2n) is 4.57. The Balaban J connectivity index is 2.45. The molecule has 2 aromatic carbocycles. The van der Waals surface area contributed by atoms with Gasteiger partial charge in [0.1, 0.15) is 5.75 Å². The van der Waals surface area contributed by atoms with Gasteiger partial charge in [0.2, 0.25) is 5.75 Å². The maximum absolute atomic E-state index is 11.6. The maximum atomic E-state index is 11.6. The zero-order chi connectivity index (χ0) is 15.4. The van der Waals surface area contributed by atoms with E-state index < -0.39 is 4.92 Å². The monoisotopic (exact) mass is 285 g/mol. The molecule has 0 aliphatic carbocycles. The highest BCUT2D eigenvalue weighted by molar-refractivity contribution is 5.96. The standard InChI is InChI=1S/C16H15NO4/c1-3-12-8-9-16(14(10-12)17(19)20)21-15-7-5-4-6-13(15)11(2)18/h4-10H,3H2,1-2H3. The predicted molar refractivity (Wildman–Crippen MR) is 79.0 cm³/mol. The Labute approximate surface area is 122 Å². The number of hydrogen-bond donors (Lipinski definition) is 0. The second-order valence-corrected chi connectivity index (χ2v) is 4.57. The minimum atomic E-state index is -0.481. The maximum Gasteiger partial charge on any atom is 0.311 e. The summed E-state index contributed by atoms with van der Waals surface area (Å²) in [6.45, 7) is 3.35. The van der Waals surface area contributed by atoms with Crippen molar-refractivity contribution in [1.82, 2.24) is 0 Å². The molecule has 0 spiro atoms. The lowest BCUT2D eigenvalue weighted by atomic mass is 10.1. The Morgan fingerprint density at radius 1 is 1.19 bits per heavy atom. The normalized spacial score (nSPS) is 10.2. The second kappa shape index (κ2) is 6.17. The van der Waals surface area contributed by atoms with Crippen LogP contribution in [-0.2, 0) is 6.42 Å². The highest BCUT2D eigenvalue weighted by atomic mass is 16.6. The molecule has 0 atom stereocenters. The van der Waals surface area contributed by atoms with E-state index in [1.807, 2.05) is 6.92 Å². The molecule has 21 heavy (non-hydrogen) atoms. The lowest BCUT2D eigenvalue weighted by Gasteiger charge is -2.10. The van der Waals surface area contributed by atoms with Crippen molar-refractivity contribution in [2.24, 2.45) is 0 Å². The lowest BCUT2D eigenvalue weighted by molar-refractivity contribution is -0.385. The smallest absolute Gasteiger partial charge is 0.311 e. The number of nitro groups is 1. The van der Waals surface area contributed by atoms with Crippen molar-refractivity contribution >= 4 is 11.5 Å². The van der Waals surface area contributed by atoms with Gasteiger partial charge in [-0.1, -0.05) is 25.1 Å². The number of aryl methyl sites for hydroxylation is 1. The lowest BCUT2D eigenvalue weighted by Crippen LogP contribution is -1.99. The number of benzene rings is 2. The molecule has 0 aliphatic heterocycles. The molecule has 0 bridgehead atoms. The number of hydrogen-bond acceptors (Lipinski definition) is 4. The molecule has 0 unspecified atom stereocenters. The van der Waals surface area contributed by atoms with Crippen LogP contribution in [-0.4, -0.2) is 10.7 Å². The molecule has 0 fully saturated rings. The van der Waals surface area contributed by atoms with Gasteiger partial charge in [-0.05, 0) is 37.1 Å². The van der Waals surface area contributed by atoms with Crippen molar-refractivity contribution in [3.63, 3.8) is 0 Å². The number of ether oxygens (including phenoxy) is 1. The van der Waals surface area contributed by atoms with Gasteiger partial charge in [-0.2, -0.15) is 0 Å².